The second kappa shape index (κ2) is 8.38. The van der Waals surface area contributed by atoms with E-state index in [9.17, 15) is 9.18 Å². The van der Waals surface area contributed by atoms with Gasteiger partial charge in [-0.25, -0.2) is 9.37 Å². The van der Waals surface area contributed by atoms with Crippen molar-refractivity contribution in [1.82, 2.24) is 9.88 Å². The van der Waals surface area contributed by atoms with E-state index in [1.165, 1.54) is 29.4 Å². The Kier molecular flexibility index (Phi) is 5.70. The van der Waals surface area contributed by atoms with E-state index >= 15 is 0 Å². The van der Waals surface area contributed by atoms with E-state index in [4.69, 9.17) is 4.74 Å². The highest BCUT2D eigenvalue weighted by Crippen LogP contribution is 2.26. The number of amides is 1. The monoisotopic (exact) mass is 418 g/mol. The minimum absolute atomic E-state index is 0.00716. The topological polar surface area (TPSA) is 46.9 Å². The second-order valence-corrected chi connectivity index (χ2v) is 8.38. The summed E-state index contributed by atoms with van der Waals surface area (Å²) in [6.45, 7) is 3.76. The molecule has 5 nitrogen and oxygen atoms in total. The van der Waals surface area contributed by atoms with Gasteiger partial charge in [-0.2, -0.15) is 11.3 Å². The minimum atomic E-state index is -0.335. The van der Waals surface area contributed by atoms with Crippen LogP contribution in [0.2, 0.25) is 0 Å². The van der Waals surface area contributed by atoms with Crippen LogP contribution in [0.5, 0.6) is 5.75 Å². The van der Waals surface area contributed by atoms with Crippen LogP contribution < -0.4 is 9.64 Å². The van der Waals surface area contributed by atoms with E-state index in [0.29, 0.717) is 18.8 Å². The third-order valence-corrected chi connectivity index (χ3v) is 6.49. The summed E-state index contributed by atoms with van der Waals surface area (Å²) < 4.78 is 18.8. The highest BCUT2D eigenvalue weighted by atomic mass is 32.1. The van der Waals surface area contributed by atoms with Crippen molar-refractivity contribution in [1.29, 1.82) is 0 Å². The van der Waals surface area contributed by atoms with Gasteiger partial charge in [-0.15, -0.1) is 11.3 Å². The molecular weight excluding hydrogens is 397 g/mol. The SMILES string of the molecule is COc1ccc(C[NH+]2CCN(C(=O)c3csc(-c4ccsc4)n3)CC2)cc1F. The number of thiophene rings is 1. The molecule has 28 heavy (non-hydrogen) atoms. The van der Waals surface area contributed by atoms with Crippen molar-refractivity contribution < 1.29 is 18.8 Å². The van der Waals surface area contributed by atoms with Gasteiger partial charge in [0.2, 0.25) is 0 Å². The highest BCUT2D eigenvalue weighted by Gasteiger charge is 2.26. The van der Waals surface area contributed by atoms with Gasteiger partial charge in [-0.05, 0) is 29.6 Å². The second-order valence-electron chi connectivity index (χ2n) is 6.74. The highest BCUT2D eigenvalue weighted by molar-refractivity contribution is 7.14. The summed E-state index contributed by atoms with van der Waals surface area (Å²) in [7, 11) is 1.46. The van der Waals surface area contributed by atoms with Crippen molar-refractivity contribution in [2.24, 2.45) is 0 Å². The molecule has 0 saturated carbocycles. The molecule has 3 aromatic rings. The Morgan fingerprint density at radius 3 is 2.79 bits per heavy atom. The molecule has 146 valence electrons. The predicted octanol–water partition coefficient (Wildman–Crippen LogP) is 2.56. The van der Waals surface area contributed by atoms with Gasteiger partial charge in [0.15, 0.2) is 11.6 Å². The fourth-order valence-corrected chi connectivity index (χ4v) is 4.87. The summed E-state index contributed by atoms with van der Waals surface area (Å²) in [5.41, 5.74) is 2.52. The summed E-state index contributed by atoms with van der Waals surface area (Å²) in [6, 6.07) is 7.11. The number of halogens is 1. The molecular formula is C20H21FN3O2S2+. The number of methoxy groups -OCH3 is 1. The molecule has 0 bridgehead atoms. The molecule has 1 N–H and O–H groups in total. The average molecular weight is 419 g/mol. The van der Waals surface area contributed by atoms with Crippen LogP contribution in [0.25, 0.3) is 10.6 Å². The minimum Gasteiger partial charge on any atom is -0.494 e. The smallest absolute Gasteiger partial charge is 0.273 e. The van der Waals surface area contributed by atoms with Gasteiger partial charge in [0.05, 0.1) is 33.3 Å². The van der Waals surface area contributed by atoms with Gasteiger partial charge in [0, 0.05) is 21.9 Å². The van der Waals surface area contributed by atoms with Crippen LogP contribution in [0.4, 0.5) is 4.39 Å². The number of carbonyl (C=O) groups excluding carboxylic acids is 1. The van der Waals surface area contributed by atoms with E-state index in [1.54, 1.807) is 17.4 Å². The normalized spacial score (nSPS) is 15.0. The number of nitrogens with zero attached hydrogens (tertiary/aromatic N) is 2. The molecule has 2 aromatic heterocycles. The van der Waals surface area contributed by atoms with Gasteiger partial charge in [-0.3, -0.25) is 4.79 Å². The molecule has 4 rings (SSSR count). The third-order valence-electron chi connectivity index (χ3n) is 4.92. The van der Waals surface area contributed by atoms with Crippen molar-refractivity contribution in [3.8, 4) is 16.3 Å². The Morgan fingerprint density at radius 1 is 1.29 bits per heavy atom. The Hall–Kier alpha value is -2.29. The number of aromatic nitrogens is 1. The first-order chi connectivity index (χ1) is 13.6. The van der Waals surface area contributed by atoms with Gasteiger partial charge in [0.25, 0.3) is 5.91 Å². The Bertz CT molecular complexity index is 950. The van der Waals surface area contributed by atoms with Crippen LogP contribution in [0.15, 0.2) is 40.4 Å². The lowest BCUT2D eigenvalue weighted by molar-refractivity contribution is -0.917. The molecule has 1 fully saturated rings. The maximum absolute atomic E-state index is 13.9. The molecule has 0 spiro atoms. The van der Waals surface area contributed by atoms with Crippen LogP contribution in [0.1, 0.15) is 16.1 Å². The quantitative estimate of drug-likeness (QED) is 0.693. The summed E-state index contributed by atoms with van der Waals surface area (Å²) in [6.07, 6.45) is 0. The van der Waals surface area contributed by atoms with E-state index < -0.39 is 0 Å². The van der Waals surface area contributed by atoms with E-state index in [2.05, 4.69) is 4.98 Å². The van der Waals surface area contributed by atoms with Crippen LogP contribution in [-0.2, 0) is 6.54 Å². The lowest BCUT2D eigenvalue weighted by Gasteiger charge is -2.32. The van der Waals surface area contributed by atoms with E-state index in [0.717, 1.165) is 35.8 Å². The number of hydrogen-bond donors (Lipinski definition) is 1. The predicted molar refractivity (Wildman–Crippen MR) is 109 cm³/mol. The summed E-state index contributed by atoms with van der Waals surface area (Å²) >= 11 is 3.13. The Balaban J connectivity index is 1.34. The molecule has 0 aliphatic carbocycles. The molecule has 8 heteroatoms. The van der Waals surface area contributed by atoms with E-state index in [-0.39, 0.29) is 17.5 Å². The maximum Gasteiger partial charge on any atom is 0.273 e. The van der Waals surface area contributed by atoms with Crippen molar-refractivity contribution in [2.45, 2.75) is 6.54 Å². The van der Waals surface area contributed by atoms with Crippen molar-refractivity contribution >= 4 is 28.6 Å². The van der Waals surface area contributed by atoms with Crippen LogP contribution in [-0.4, -0.2) is 49.1 Å². The first-order valence-corrected chi connectivity index (χ1v) is 10.9. The van der Waals surface area contributed by atoms with Gasteiger partial charge in [0.1, 0.15) is 17.2 Å². The standard InChI is InChI=1S/C20H20FN3O2S2/c1-26-18-3-2-14(10-16(18)21)11-23-5-7-24(8-6-23)20(25)17-13-28-19(22-17)15-4-9-27-12-15/h2-4,9-10,12-13H,5-8,11H2,1H3/p+1. The van der Waals surface area contributed by atoms with Crippen molar-refractivity contribution in [3.63, 3.8) is 0 Å². The third kappa shape index (κ3) is 4.09. The first kappa shape index (κ1) is 19.0. The molecule has 1 aromatic carbocycles. The van der Waals surface area contributed by atoms with Crippen LogP contribution in [0.3, 0.4) is 0 Å². The first-order valence-electron chi connectivity index (χ1n) is 9.07. The number of rotatable bonds is 5. The molecule has 1 saturated heterocycles. The van der Waals surface area contributed by atoms with Crippen LogP contribution in [0, 0.1) is 5.82 Å². The molecule has 1 aliphatic heterocycles. The number of nitrogens with one attached hydrogen (secondary N) is 1. The fourth-order valence-electron chi connectivity index (χ4n) is 3.36. The molecule has 0 unspecified atom stereocenters. The summed E-state index contributed by atoms with van der Waals surface area (Å²) in [4.78, 5) is 20.5. The largest absolute Gasteiger partial charge is 0.494 e. The lowest BCUT2D eigenvalue weighted by Crippen LogP contribution is -3.13. The zero-order chi connectivity index (χ0) is 19.5. The maximum atomic E-state index is 13.9. The Labute approximate surface area is 171 Å². The summed E-state index contributed by atoms with van der Waals surface area (Å²) in [5, 5.41) is 6.77. The zero-order valence-corrected chi connectivity index (χ0v) is 17.1. The molecule has 0 radical (unpaired) electrons. The van der Waals surface area contributed by atoms with Crippen molar-refractivity contribution in [2.75, 3.05) is 33.3 Å². The molecule has 1 amide bonds. The lowest BCUT2D eigenvalue weighted by atomic mass is 10.1. The summed E-state index contributed by atoms with van der Waals surface area (Å²) in [5.74, 6) is -0.0790. The number of quaternary nitrogens is 1. The molecule has 1 aliphatic rings. The number of hydrogen-bond acceptors (Lipinski definition) is 5. The number of benzene rings is 1. The fraction of sp³-hybridized carbons (Fsp3) is 0.300. The van der Waals surface area contributed by atoms with Crippen molar-refractivity contribution in [3.05, 3.63) is 57.5 Å². The Morgan fingerprint density at radius 2 is 2.11 bits per heavy atom. The zero-order valence-electron chi connectivity index (χ0n) is 15.5. The number of thiazole rings is 1. The van der Waals surface area contributed by atoms with Gasteiger partial charge >= 0.3 is 0 Å². The van der Waals surface area contributed by atoms with Gasteiger partial charge < -0.3 is 14.5 Å². The number of piperazine rings is 1. The number of ether oxygens (including phenoxy) is 1. The molecule has 3 heterocycles. The number of carbonyl (C=O) groups is 1. The van der Waals surface area contributed by atoms with Crippen LogP contribution >= 0.6 is 22.7 Å². The molecule has 0 atom stereocenters. The van der Waals surface area contributed by atoms with Gasteiger partial charge in [-0.1, -0.05) is 0 Å². The van der Waals surface area contributed by atoms with E-state index in [1.807, 2.05) is 33.2 Å². The average Bonchev–Trinajstić information content (AvgIpc) is 3.40.